The molecule has 1 aliphatic heterocycles. The van der Waals surface area contributed by atoms with Crippen molar-refractivity contribution in [2.45, 2.75) is 32.9 Å². The Bertz CT molecular complexity index is 710. The lowest BCUT2D eigenvalue weighted by Crippen LogP contribution is -2.25. The molecule has 1 N–H and O–H groups in total. The lowest BCUT2D eigenvalue weighted by atomic mass is 10.2. The number of aromatic amines is 1. The first kappa shape index (κ1) is 12.4. The second kappa shape index (κ2) is 4.19. The summed E-state index contributed by atoms with van der Waals surface area (Å²) in [5, 5.41) is 4.48. The molecule has 0 saturated carbocycles. The zero-order chi connectivity index (χ0) is 13.7. The lowest BCUT2D eigenvalue weighted by molar-refractivity contribution is -0.129. The Kier molecular flexibility index (Phi) is 2.74. The van der Waals surface area contributed by atoms with Crippen LogP contribution in [0.25, 0.3) is 11.2 Å². The quantitative estimate of drug-likeness (QED) is 0.850. The van der Waals surface area contributed by atoms with Crippen molar-refractivity contribution in [1.29, 1.82) is 0 Å². The van der Waals surface area contributed by atoms with Gasteiger partial charge in [-0.3, -0.25) is 9.36 Å². The van der Waals surface area contributed by atoms with E-state index in [2.05, 4.69) is 10.1 Å². The maximum atomic E-state index is 12.2. The van der Waals surface area contributed by atoms with Gasteiger partial charge in [0.2, 0.25) is 5.91 Å². The standard InChI is InChI=1S/C12H17N5OS/c1-4-16-10-9(7(2)14-16)13-12(19)17(10)8-5-6-15(3)11(8)18/h8H,4-6H2,1-3H3,(H,13,19). The van der Waals surface area contributed by atoms with E-state index in [-0.39, 0.29) is 11.9 Å². The number of aryl methyl sites for hydroxylation is 2. The van der Waals surface area contributed by atoms with E-state index < -0.39 is 0 Å². The number of aromatic nitrogens is 4. The summed E-state index contributed by atoms with van der Waals surface area (Å²) in [6, 6.07) is -0.201. The molecule has 19 heavy (non-hydrogen) atoms. The first-order valence-electron chi connectivity index (χ1n) is 6.47. The first-order chi connectivity index (χ1) is 9.04. The molecule has 7 heteroatoms. The summed E-state index contributed by atoms with van der Waals surface area (Å²) in [6.07, 6.45) is 0.796. The summed E-state index contributed by atoms with van der Waals surface area (Å²) >= 11 is 5.40. The van der Waals surface area contributed by atoms with E-state index in [0.717, 1.165) is 36.4 Å². The lowest BCUT2D eigenvalue weighted by Gasteiger charge is -2.13. The average Bonchev–Trinajstić information content (AvgIpc) is 2.97. The topological polar surface area (TPSA) is 58.9 Å². The van der Waals surface area contributed by atoms with Gasteiger partial charge < -0.3 is 9.88 Å². The van der Waals surface area contributed by atoms with Gasteiger partial charge in [0.25, 0.3) is 0 Å². The Labute approximate surface area is 116 Å². The third-order valence-corrected chi connectivity index (χ3v) is 4.09. The highest BCUT2D eigenvalue weighted by molar-refractivity contribution is 7.71. The molecular formula is C12H17N5OS. The Morgan fingerprint density at radius 1 is 1.53 bits per heavy atom. The molecule has 2 aromatic rings. The Hall–Kier alpha value is -1.63. The normalized spacial score (nSPS) is 19.8. The molecule has 3 heterocycles. The van der Waals surface area contributed by atoms with Gasteiger partial charge in [0.15, 0.2) is 10.4 Å². The van der Waals surface area contributed by atoms with Crippen molar-refractivity contribution in [3.8, 4) is 0 Å². The third kappa shape index (κ3) is 1.64. The number of hydrogen-bond donors (Lipinski definition) is 1. The second-order valence-electron chi connectivity index (χ2n) is 4.96. The van der Waals surface area contributed by atoms with Gasteiger partial charge in [-0.25, -0.2) is 4.68 Å². The molecule has 1 amide bonds. The summed E-state index contributed by atoms with van der Waals surface area (Å²) in [5.74, 6) is 0.124. The van der Waals surface area contributed by atoms with Crippen LogP contribution in [0.4, 0.5) is 0 Å². The van der Waals surface area contributed by atoms with Gasteiger partial charge in [-0.05, 0) is 32.5 Å². The molecule has 0 spiro atoms. The zero-order valence-electron chi connectivity index (χ0n) is 11.3. The monoisotopic (exact) mass is 279 g/mol. The number of nitrogens with zero attached hydrogens (tertiary/aromatic N) is 4. The first-order valence-corrected chi connectivity index (χ1v) is 6.88. The van der Waals surface area contributed by atoms with Gasteiger partial charge in [-0.1, -0.05) is 0 Å². The molecule has 0 aromatic carbocycles. The highest BCUT2D eigenvalue weighted by Gasteiger charge is 2.33. The van der Waals surface area contributed by atoms with Gasteiger partial charge in [0, 0.05) is 20.1 Å². The van der Waals surface area contributed by atoms with Crippen molar-refractivity contribution in [3.05, 3.63) is 10.5 Å². The van der Waals surface area contributed by atoms with Crippen LogP contribution in [0.15, 0.2) is 0 Å². The molecule has 0 aliphatic carbocycles. The van der Waals surface area contributed by atoms with Gasteiger partial charge in [0.1, 0.15) is 11.6 Å². The van der Waals surface area contributed by atoms with E-state index in [0.29, 0.717) is 4.77 Å². The molecule has 1 atom stereocenters. The smallest absolute Gasteiger partial charge is 0.245 e. The van der Waals surface area contributed by atoms with Crippen LogP contribution in [0.3, 0.4) is 0 Å². The van der Waals surface area contributed by atoms with E-state index in [1.807, 2.05) is 30.1 Å². The molecule has 1 aliphatic rings. The molecule has 1 fully saturated rings. The van der Waals surface area contributed by atoms with E-state index in [4.69, 9.17) is 12.2 Å². The number of rotatable bonds is 2. The fourth-order valence-electron chi connectivity index (χ4n) is 2.78. The Balaban J connectivity index is 2.26. The summed E-state index contributed by atoms with van der Waals surface area (Å²) in [5.41, 5.74) is 2.79. The fraction of sp³-hybridized carbons (Fsp3) is 0.583. The van der Waals surface area contributed by atoms with Crippen LogP contribution in [-0.4, -0.2) is 43.7 Å². The molecule has 1 saturated heterocycles. The van der Waals surface area contributed by atoms with Crippen molar-refractivity contribution in [3.63, 3.8) is 0 Å². The molecule has 102 valence electrons. The van der Waals surface area contributed by atoms with Crippen molar-refractivity contribution in [2.24, 2.45) is 0 Å². The summed E-state index contributed by atoms with van der Waals surface area (Å²) in [6.45, 7) is 5.52. The number of fused-ring (bicyclic) bond motifs is 1. The molecule has 2 aromatic heterocycles. The molecular weight excluding hydrogens is 262 g/mol. The molecule has 6 nitrogen and oxygen atoms in total. The third-order valence-electron chi connectivity index (χ3n) is 3.79. The van der Waals surface area contributed by atoms with Crippen LogP contribution in [-0.2, 0) is 11.3 Å². The molecule has 0 radical (unpaired) electrons. The second-order valence-corrected chi connectivity index (χ2v) is 5.35. The number of imidazole rings is 1. The number of carbonyl (C=O) groups is 1. The number of nitrogens with one attached hydrogen (secondary N) is 1. The van der Waals surface area contributed by atoms with Crippen LogP contribution < -0.4 is 0 Å². The van der Waals surface area contributed by atoms with Gasteiger partial charge in [-0.15, -0.1) is 0 Å². The SMILES string of the molecule is CCn1nc(C)c2[nH]c(=S)n(C3CCN(C)C3=O)c21. The maximum absolute atomic E-state index is 12.2. The summed E-state index contributed by atoms with van der Waals surface area (Å²) in [7, 11) is 1.83. The van der Waals surface area contributed by atoms with Crippen LogP contribution in [0.2, 0.25) is 0 Å². The van der Waals surface area contributed by atoms with Crippen molar-refractivity contribution in [1.82, 2.24) is 24.2 Å². The van der Waals surface area contributed by atoms with E-state index in [9.17, 15) is 4.79 Å². The number of likely N-dealkylation sites (N-methyl/N-ethyl adjacent to an activating group) is 1. The van der Waals surface area contributed by atoms with Crippen LogP contribution >= 0.6 is 12.2 Å². The van der Waals surface area contributed by atoms with Crippen molar-refractivity contribution in [2.75, 3.05) is 13.6 Å². The fourth-order valence-corrected chi connectivity index (χ4v) is 3.09. The number of H-pyrrole nitrogens is 1. The van der Waals surface area contributed by atoms with Crippen LogP contribution in [0, 0.1) is 11.7 Å². The number of amides is 1. The highest BCUT2D eigenvalue weighted by atomic mass is 32.1. The summed E-state index contributed by atoms with van der Waals surface area (Å²) < 4.78 is 4.44. The van der Waals surface area contributed by atoms with Crippen LogP contribution in [0.5, 0.6) is 0 Å². The minimum Gasteiger partial charge on any atom is -0.344 e. The number of likely N-dealkylation sites (tertiary alicyclic amines) is 1. The van der Waals surface area contributed by atoms with Crippen LogP contribution in [0.1, 0.15) is 25.1 Å². The predicted molar refractivity (Wildman–Crippen MR) is 74.6 cm³/mol. The van der Waals surface area contributed by atoms with Gasteiger partial charge in [-0.2, -0.15) is 5.10 Å². The largest absolute Gasteiger partial charge is 0.344 e. The minimum atomic E-state index is -0.201. The minimum absolute atomic E-state index is 0.124. The zero-order valence-corrected chi connectivity index (χ0v) is 12.1. The number of carbonyl (C=O) groups excluding carboxylic acids is 1. The molecule has 3 rings (SSSR count). The highest BCUT2D eigenvalue weighted by Crippen LogP contribution is 2.28. The number of hydrogen-bond acceptors (Lipinski definition) is 3. The molecule has 1 unspecified atom stereocenters. The Morgan fingerprint density at radius 2 is 2.26 bits per heavy atom. The van der Waals surface area contributed by atoms with Gasteiger partial charge >= 0.3 is 0 Å². The average molecular weight is 279 g/mol. The van der Waals surface area contributed by atoms with E-state index >= 15 is 0 Å². The van der Waals surface area contributed by atoms with E-state index in [1.54, 1.807) is 4.90 Å². The van der Waals surface area contributed by atoms with Crippen molar-refractivity contribution >= 4 is 29.3 Å². The van der Waals surface area contributed by atoms with E-state index in [1.165, 1.54) is 0 Å². The van der Waals surface area contributed by atoms with Gasteiger partial charge in [0.05, 0.1) is 5.69 Å². The predicted octanol–water partition coefficient (Wildman–Crippen LogP) is 1.63. The maximum Gasteiger partial charge on any atom is 0.245 e. The van der Waals surface area contributed by atoms with Crippen molar-refractivity contribution < 1.29 is 4.79 Å². The molecule has 0 bridgehead atoms. The summed E-state index contributed by atoms with van der Waals surface area (Å²) in [4.78, 5) is 17.2. The Morgan fingerprint density at radius 3 is 2.84 bits per heavy atom.